The highest BCUT2D eigenvalue weighted by Crippen LogP contribution is 2.31. The van der Waals surface area contributed by atoms with Crippen LogP contribution in [0, 0.1) is 0 Å². The zero-order valence-electron chi connectivity index (χ0n) is 9.24. The fourth-order valence-corrected chi connectivity index (χ4v) is 2.54. The third kappa shape index (κ3) is 1.69. The van der Waals surface area contributed by atoms with Crippen LogP contribution in [0.5, 0.6) is 0 Å². The minimum atomic E-state index is -0.286. The van der Waals surface area contributed by atoms with Gasteiger partial charge in [0.2, 0.25) is 0 Å². The number of amides is 2. The maximum Gasteiger partial charge on any atom is 0.272 e. The van der Waals surface area contributed by atoms with Crippen LogP contribution < -0.4 is 0 Å². The van der Waals surface area contributed by atoms with E-state index in [9.17, 15) is 9.59 Å². The van der Waals surface area contributed by atoms with Gasteiger partial charge in [0.15, 0.2) is 0 Å². The lowest BCUT2D eigenvalue weighted by molar-refractivity contribution is 0.0777. The summed E-state index contributed by atoms with van der Waals surface area (Å²) in [7, 11) is 0. The number of benzene rings is 1. The van der Waals surface area contributed by atoms with Gasteiger partial charge < -0.3 is 0 Å². The molecule has 0 atom stereocenters. The minimum absolute atomic E-state index is 0.286. The molecule has 1 aromatic carbocycles. The van der Waals surface area contributed by atoms with Crippen LogP contribution in [-0.2, 0) is 0 Å². The van der Waals surface area contributed by atoms with Gasteiger partial charge in [0, 0.05) is 18.1 Å². The molecule has 0 radical (unpaired) electrons. The lowest BCUT2D eigenvalue weighted by Gasteiger charge is -2.10. The summed E-state index contributed by atoms with van der Waals surface area (Å²) < 4.78 is 1.15. The Bertz CT molecular complexity index is 593. The summed E-state index contributed by atoms with van der Waals surface area (Å²) in [6.07, 6.45) is 1.63. The first-order chi connectivity index (χ1) is 8.77. The third-order valence-electron chi connectivity index (χ3n) is 2.58. The first-order valence-electron chi connectivity index (χ1n) is 5.34. The minimum Gasteiger partial charge on any atom is -0.268 e. The van der Waals surface area contributed by atoms with Crippen molar-refractivity contribution in [3.8, 4) is 0 Å². The first-order valence-corrected chi connectivity index (χ1v) is 6.11. The molecule has 3 rings (SSSR count). The Labute approximate surface area is 108 Å². The van der Waals surface area contributed by atoms with E-state index in [4.69, 9.17) is 0 Å². The molecule has 18 heavy (non-hydrogen) atoms. The van der Waals surface area contributed by atoms with E-state index in [0.29, 0.717) is 16.2 Å². The van der Waals surface area contributed by atoms with E-state index < -0.39 is 0 Å². The Hall–Kier alpha value is -2.14. The summed E-state index contributed by atoms with van der Waals surface area (Å²) in [5.41, 5.74) is 0.900. The Balaban J connectivity index is 1.93. The van der Waals surface area contributed by atoms with Gasteiger partial charge in [-0.1, -0.05) is 18.2 Å². The van der Waals surface area contributed by atoms with Crippen LogP contribution in [0.1, 0.15) is 20.7 Å². The lowest BCUT2D eigenvalue weighted by Crippen LogP contribution is -2.22. The maximum absolute atomic E-state index is 12.1. The molecule has 0 bridgehead atoms. The summed E-state index contributed by atoms with van der Waals surface area (Å²) in [6.45, 7) is 0. The van der Waals surface area contributed by atoms with E-state index in [1.165, 1.54) is 0 Å². The third-order valence-corrected chi connectivity index (χ3v) is 3.52. The van der Waals surface area contributed by atoms with Gasteiger partial charge in [0.1, 0.15) is 5.03 Å². The number of pyridine rings is 1. The van der Waals surface area contributed by atoms with Crippen LogP contribution in [0.2, 0.25) is 0 Å². The predicted octanol–water partition coefficient (Wildman–Crippen LogP) is 2.38. The second kappa shape index (κ2) is 4.27. The van der Waals surface area contributed by atoms with E-state index in [0.717, 1.165) is 16.3 Å². The summed E-state index contributed by atoms with van der Waals surface area (Å²) in [5.74, 6) is -0.572. The van der Waals surface area contributed by atoms with E-state index in [-0.39, 0.29) is 11.8 Å². The Morgan fingerprint density at radius 1 is 0.889 bits per heavy atom. The van der Waals surface area contributed by atoms with Gasteiger partial charge in [-0.3, -0.25) is 9.59 Å². The Morgan fingerprint density at radius 3 is 2.06 bits per heavy atom. The van der Waals surface area contributed by atoms with Gasteiger partial charge >= 0.3 is 0 Å². The van der Waals surface area contributed by atoms with Gasteiger partial charge in [-0.05, 0) is 24.3 Å². The highest BCUT2D eigenvalue weighted by atomic mass is 32.2. The molecule has 88 valence electrons. The van der Waals surface area contributed by atoms with E-state index in [1.807, 2.05) is 6.07 Å². The highest BCUT2D eigenvalue weighted by Gasteiger charge is 2.36. The van der Waals surface area contributed by atoms with Crippen molar-refractivity contribution >= 4 is 23.8 Å². The van der Waals surface area contributed by atoms with Crippen molar-refractivity contribution in [2.24, 2.45) is 0 Å². The number of hydrogen-bond donors (Lipinski definition) is 0. The maximum atomic E-state index is 12.1. The van der Waals surface area contributed by atoms with Crippen molar-refractivity contribution in [2.45, 2.75) is 5.03 Å². The normalized spacial score (nSPS) is 13.9. The summed E-state index contributed by atoms with van der Waals surface area (Å²) >= 11 is 1.05. The van der Waals surface area contributed by atoms with Crippen molar-refractivity contribution in [1.82, 2.24) is 9.29 Å². The average Bonchev–Trinajstić information content (AvgIpc) is 2.66. The van der Waals surface area contributed by atoms with Crippen LogP contribution in [-0.4, -0.2) is 21.1 Å². The number of aromatic nitrogens is 1. The van der Waals surface area contributed by atoms with Gasteiger partial charge in [0.05, 0.1) is 11.1 Å². The molecule has 0 aliphatic carbocycles. The van der Waals surface area contributed by atoms with Crippen molar-refractivity contribution in [3.05, 3.63) is 59.8 Å². The standard InChI is InChI=1S/C13H8N2O2S/c16-12-9-5-1-2-6-10(9)13(17)15(12)18-11-7-3-4-8-14-11/h1-8H. The Morgan fingerprint density at radius 2 is 1.50 bits per heavy atom. The quantitative estimate of drug-likeness (QED) is 0.611. The number of imide groups is 1. The summed E-state index contributed by atoms with van der Waals surface area (Å²) in [4.78, 5) is 28.2. The molecule has 2 amide bonds. The first kappa shape index (κ1) is 11.0. The van der Waals surface area contributed by atoms with E-state index in [2.05, 4.69) is 4.98 Å². The molecule has 0 fully saturated rings. The second-order valence-electron chi connectivity index (χ2n) is 3.71. The molecular weight excluding hydrogens is 248 g/mol. The molecule has 0 N–H and O–H groups in total. The number of fused-ring (bicyclic) bond motifs is 1. The fraction of sp³-hybridized carbons (Fsp3) is 0. The molecule has 4 nitrogen and oxygen atoms in total. The SMILES string of the molecule is O=C1c2ccccc2C(=O)N1Sc1ccccn1. The average molecular weight is 256 g/mol. The molecule has 5 heteroatoms. The molecule has 2 heterocycles. The van der Waals surface area contributed by atoms with Crippen molar-refractivity contribution in [3.63, 3.8) is 0 Å². The Kier molecular flexibility index (Phi) is 2.60. The number of carbonyl (C=O) groups excluding carboxylic acids is 2. The van der Waals surface area contributed by atoms with Crippen molar-refractivity contribution in [1.29, 1.82) is 0 Å². The molecule has 0 saturated heterocycles. The number of rotatable bonds is 2. The summed E-state index contributed by atoms with van der Waals surface area (Å²) in [6, 6.07) is 12.2. The molecule has 0 spiro atoms. The second-order valence-corrected chi connectivity index (χ2v) is 4.68. The van der Waals surface area contributed by atoms with E-state index in [1.54, 1.807) is 42.6 Å². The van der Waals surface area contributed by atoms with E-state index >= 15 is 0 Å². The molecule has 1 aliphatic heterocycles. The van der Waals surface area contributed by atoms with Crippen LogP contribution in [0.25, 0.3) is 0 Å². The fourth-order valence-electron chi connectivity index (χ4n) is 1.74. The number of nitrogens with zero attached hydrogens (tertiary/aromatic N) is 2. The highest BCUT2D eigenvalue weighted by molar-refractivity contribution is 7.98. The number of hydrogen-bond acceptors (Lipinski definition) is 4. The molecule has 2 aromatic rings. The van der Waals surface area contributed by atoms with Crippen molar-refractivity contribution in [2.75, 3.05) is 0 Å². The topological polar surface area (TPSA) is 50.3 Å². The number of carbonyl (C=O) groups is 2. The van der Waals surface area contributed by atoms with Crippen molar-refractivity contribution < 1.29 is 9.59 Å². The molecule has 0 unspecified atom stereocenters. The zero-order valence-corrected chi connectivity index (χ0v) is 10.1. The van der Waals surface area contributed by atoms with Gasteiger partial charge in [-0.25, -0.2) is 9.29 Å². The summed E-state index contributed by atoms with van der Waals surface area (Å²) in [5, 5.41) is 0.618. The van der Waals surface area contributed by atoms with Gasteiger partial charge in [-0.15, -0.1) is 0 Å². The van der Waals surface area contributed by atoms with Crippen LogP contribution >= 0.6 is 11.9 Å². The van der Waals surface area contributed by atoms with Gasteiger partial charge in [-0.2, -0.15) is 0 Å². The largest absolute Gasteiger partial charge is 0.272 e. The van der Waals surface area contributed by atoms with Gasteiger partial charge in [0.25, 0.3) is 11.8 Å². The monoisotopic (exact) mass is 256 g/mol. The zero-order chi connectivity index (χ0) is 12.5. The molecule has 1 aromatic heterocycles. The van der Waals surface area contributed by atoms with Crippen LogP contribution in [0.3, 0.4) is 0 Å². The lowest BCUT2D eigenvalue weighted by atomic mass is 10.1. The smallest absolute Gasteiger partial charge is 0.268 e. The van der Waals surface area contributed by atoms with Crippen LogP contribution in [0.15, 0.2) is 53.7 Å². The predicted molar refractivity (Wildman–Crippen MR) is 67.0 cm³/mol. The molecule has 1 aliphatic rings. The van der Waals surface area contributed by atoms with Crippen LogP contribution in [0.4, 0.5) is 0 Å². The molecular formula is C13H8N2O2S. The molecule has 0 saturated carbocycles.